The van der Waals surface area contributed by atoms with Crippen molar-refractivity contribution in [3.05, 3.63) is 35.4 Å². The lowest BCUT2D eigenvalue weighted by atomic mass is 9.84. The molecule has 3 nitrogen and oxygen atoms in total. The molecule has 21 heavy (non-hydrogen) atoms. The predicted molar refractivity (Wildman–Crippen MR) is 85.9 cm³/mol. The van der Waals surface area contributed by atoms with Crippen molar-refractivity contribution in [3.63, 3.8) is 0 Å². The van der Waals surface area contributed by atoms with Gasteiger partial charge in [0.25, 0.3) is 5.91 Å². The van der Waals surface area contributed by atoms with Gasteiger partial charge in [-0.2, -0.15) is 0 Å². The molecule has 3 N–H and O–H groups in total. The van der Waals surface area contributed by atoms with E-state index in [2.05, 4.69) is 24.1 Å². The van der Waals surface area contributed by atoms with Crippen LogP contribution in [0.2, 0.25) is 0 Å². The Balaban J connectivity index is 1.99. The first kappa shape index (κ1) is 15.6. The third kappa shape index (κ3) is 4.61. The topological polar surface area (TPSA) is 55.1 Å². The van der Waals surface area contributed by atoms with Crippen molar-refractivity contribution in [1.29, 1.82) is 0 Å². The fraction of sp³-hybridized carbons (Fsp3) is 0.500. The van der Waals surface area contributed by atoms with Gasteiger partial charge >= 0.3 is 0 Å². The third-order valence-corrected chi connectivity index (χ3v) is 4.15. The van der Waals surface area contributed by atoms with E-state index in [1.54, 1.807) is 0 Å². The lowest BCUT2D eigenvalue weighted by molar-refractivity contribution is 0.0919. The molecule has 0 aromatic heterocycles. The first-order valence-electron chi connectivity index (χ1n) is 7.82. The van der Waals surface area contributed by atoms with E-state index in [0.29, 0.717) is 18.2 Å². The van der Waals surface area contributed by atoms with E-state index < -0.39 is 0 Å². The quantitative estimate of drug-likeness (QED) is 0.839. The zero-order valence-electron chi connectivity index (χ0n) is 12.7. The van der Waals surface area contributed by atoms with E-state index in [4.69, 9.17) is 5.73 Å². The van der Waals surface area contributed by atoms with E-state index in [9.17, 15) is 4.79 Å². The van der Waals surface area contributed by atoms with E-state index in [0.717, 1.165) is 24.3 Å². The van der Waals surface area contributed by atoms with Crippen molar-refractivity contribution in [3.8, 4) is 11.8 Å². The van der Waals surface area contributed by atoms with Crippen LogP contribution in [0.25, 0.3) is 0 Å². The van der Waals surface area contributed by atoms with Gasteiger partial charge in [-0.15, -0.1) is 0 Å². The molecule has 2 unspecified atom stereocenters. The average molecular weight is 284 g/mol. The van der Waals surface area contributed by atoms with Crippen LogP contribution in [-0.4, -0.2) is 18.5 Å². The molecule has 1 amide bonds. The second-order valence-corrected chi connectivity index (χ2v) is 5.70. The molecule has 1 aromatic rings. The van der Waals surface area contributed by atoms with E-state index in [1.165, 1.54) is 19.3 Å². The van der Waals surface area contributed by atoms with Crippen LogP contribution in [0.3, 0.4) is 0 Å². The van der Waals surface area contributed by atoms with Crippen LogP contribution < -0.4 is 11.1 Å². The minimum absolute atomic E-state index is 0.00755. The van der Waals surface area contributed by atoms with Crippen molar-refractivity contribution in [1.82, 2.24) is 5.32 Å². The summed E-state index contributed by atoms with van der Waals surface area (Å²) in [5.74, 6) is 6.54. The van der Waals surface area contributed by atoms with Crippen LogP contribution >= 0.6 is 0 Å². The standard InChI is InChI=1S/C18H24N2O/c1-2-14-6-4-10-17(13-14)20-18(21)16-9-3-7-15(12-16)8-5-11-19/h3,7,9,12,14,17H,2,4,6,10-11,13,19H2,1H3,(H,20,21). The Labute approximate surface area is 127 Å². The van der Waals surface area contributed by atoms with Crippen LogP contribution in [0.5, 0.6) is 0 Å². The Morgan fingerprint density at radius 1 is 1.43 bits per heavy atom. The highest BCUT2D eigenvalue weighted by Crippen LogP contribution is 2.26. The SMILES string of the molecule is CCC1CCCC(NC(=O)c2cccc(C#CCN)c2)C1. The zero-order chi connectivity index (χ0) is 15.1. The number of nitrogens with two attached hydrogens (primary N) is 1. The fourth-order valence-corrected chi connectivity index (χ4v) is 2.95. The summed E-state index contributed by atoms with van der Waals surface area (Å²) >= 11 is 0. The predicted octanol–water partition coefficient (Wildman–Crippen LogP) is 2.70. The summed E-state index contributed by atoms with van der Waals surface area (Å²) in [6.07, 6.45) is 5.92. The van der Waals surface area contributed by atoms with Crippen molar-refractivity contribution < 1.29 is 4.79 Å². The molecule has 112 valence electrons. The number of amides is 1. The minimum atomic E-state index is 0.00755. The van der Waals surface area contributed by atoms with Gasteiger partial charge in [0, 0.05) is 17.2 Å². The van der Waals surface area contributed by atoms with Gasteiger partial charge in [-0.05, 0) is 37.0 Å². The molecule has 3 heteroatoms. The first-order chi connectivity index (χ1) is 10.2. The van der Waals surface area contributed by atoms with Crippen LogP contribution in [0, 0.1) is 17.8 Å². The highest BCUT2D eigenvalue weighted by molar-refractivity contribution is 5.94. The highest BCUT2D eigenvalue weighted by Gasteiger charge is 2.22. The highest BCUT2D eigenvalue weighted by atomic mass is 16.1. The Morgan fingerprint density at radius 3 is 3.05 bits per heavy atom. The van der Waals surface area contributed by atoms with Gasteiger partial charge in [-0.25, -0.2) is 0 Å². The zero-order valence-corrected chi connectivity index (χ0v) is 12.7. The van der Waals surface area contributed by atoms with Crippen molar-refractivity contribution in [2.45, 2.75) is 45.1 Å². The molecule has 0 aliphatic heterocycles. The largest absolute Gasteiger partial charge is 0.349 e. The molecule has 1 aliphatic carbocycles. The summed E-state index contributed by atoms with van der Waals surface area (Å²) in [7, 11) is 0. The number of hydrogen-bond acceptors (Lipinski definition) is 2. The molecule has 1 aromatic carbocycles. The molecule has 0 saturated heterocycles. The number of hydrogen-bond donors (Lipinski definition) is 2. The smallest absolute Gasteiger partial charge is 0.251 e. The summed E-state index contributed by atoms with van der Waals surface area (Å²) in [5, 5.41) is 3.17. The van der Waals surface area contributed by atoms with Gasteiger partial charge < -0.3 is 11.1 Å². The molecule has 1 fully saturated rings. The van der Waals surface area contributed by atoms with Crippen molar-refractivity contribution >= 4 is 5.91 Å². The summed E-state index contributed by atoms with van der Waals surface area (Å²) in [4.78, 5) is 12.3. The molecular formula is C18H24N2O. The molecule has 2 rings (SSSR count). The van der Waals surface area contributed by atoms with Crippen LogP contribution in [0.15, 0.2) is 24.3 Å². The number of carbonyl (C=O) groups is 1. The second-order valence-electron chi connectivity index (χ2n) is 5.70. The van der Waals surface area contributed by atoms with Crippen molar-refractivity contribution in [2.24, 2.45) is 11.7 Å². The monoisotopic (exact) mass is 284 g/mol. The summed E-state index contributed by atoms with van der Waals surface area (Å²) < 4.78 is 0. The van der Waals surface area contributed by atoms with Gasteiger partial charge in [0.1, 0.15) is 0 Å². The Hall–Kier alpha value is -1.79. The van der Waals surface area contributed by atoms with Gasteiger partial charge in [-0.3, -0.25) is 4.79 Å². The molecule has 1 saturated carbocycles. The number of benzene rings is 1. The van der Waals surface area contributed by atoms with E-state index >= 15 is 0 Å². The first-order valence-corrected chi connectivity index (χ1v) is 7.82. The van der Waals surface area contributed by atoms with Gasteiger partial charge in [0.2, 0.25) is 0 Å². The van der Waals surface area contributed by atoms with Crippen LogP contribution in [-0.2, 0) is 0 Å². The van der Waals surface area contributed by atoms with Gasteiger partial charge in [-0.1, -0.05) is 44.1 Å². The van der Waals surface area contributed by atoms with E-state index in [1.807, 2.05) is 24.3 Å². The number of nitrogens with one attached hydrogen (secondary N) is 1. The van der Waals surface area contributed by atoms with Crippen LogP contribution in [0.4, 0.5) is 0 Å². The van der Waals surface area contributed by atoms with E-state index in [-0.39, 0.29) is 5.91 Å². The van der Waals surface area contributed by atoms with Gasteiger partial charge in [0.15, 0.2) is 0 Å². The molecular weight excluding hydrogens is 260 g/mol. The molecule has 1 aliphatic rings. The third-order valence-electron chi connectivity index (χ3n) is 4.15. The maximum atomic E-state index is 12.3. The molecule has 0 bridgehead atoms. The fourth-order valence-electron chi connectivity index (χ4n) is 2.95. The maximum Gasteiger partial charge on any atom is 0.251 e. The summed E-state index contributed by atoms with van der Waals surface area (Å²) in [5.41, 5.74) is 6.89. The summed E-state index contributed by atoms with van der Waals surface area (Å²) in [6.45, 7) is 2.56. The second kappa shape index (κ2) is 7.85. The molecule has 2 atom stereocenters. The molecule has 0 radical (unpaired) electrons. The Bertz CT molecular complexity index is 542. The normalized spacial score (nSPS) is 21.2. The average Bonchev–Trinajstić information content (AvgIpc) is 2.53. The number of carbonyl (C=O) groups excluding carboxylic acids is 1. The van der Waals surface area contributed by atoms with Gasteiger partial charge in [0.05, 0.1) is 6.54 Å². The summed E-state index contributed by atoms with van der Waals surface area (Å²) in [6, 6.07) is 7.74. The van der Waals surface area contributed by atoms with Crippen LogP contribution in [0.1, 0.15) is 54.9 Å². The Kier molecular flexibility index (Phi) is 5.83. The number of rotatable bonds is 3. The van der Waals surface area contributed by atoms with Crippen molar-refractivity contribution in [2.75, 3.05) is 6.54 Å². The molecule has 0 heterocycles. The Morgan fingerprint density at radius 2 is 2.29 bits per heavy atom. The maximum absolute atomic E-state index is 12.3. The lowest BCUT2D eigenvalue weighted by Gasteiger charge is -2.29. The lowest BCUT2D eigenvalue weighted by Crippen LogP contribution is -2.38. The molecule has 0 spiro atoms. The minimum Gasteiger partial charge on any atom is -0.349 e.